The fourth-order valence-electron chi connectivity index (χ4n) is 1.79. The Morgan fingerprint density at radius 1 is 1.00 bits per heavy atom. The van der Waals surface area contributed by atoms with E-state index in [4.69, 9.17) is 0 Å². The van der Waals surface area contributed by atoms with Gasteiger partial charge in [0.15, 0.2) is 0 Å². The largest absolute Gasteiger partial charge is 0.0955 e. The molecule has 0 aromatic heterocycles. The second-order valence-corrected chi connectivity index (χ2v) is 12.4. The van der Waals surface area contributed by atoms with Crippen LogP contribution >= 0.6 is 15.9 Å². The summed E-state index contributed by atoms with van der Waals surface area (Å²) < 4.78 is 1.49. The summed E-state index contributed by atoms with van der Waals surface area (Å²) in [6.45, 7) is 16.0. The van der Waals surface area contributed by atoms with E-state index in [1.54, 1.807) is 0 Å². The van der Waals surface area contributed by atoms with Crippen molar-refractivity contribution in [3.05, 3.63) is 21.8 Å². The molecule has 0 saturated heterocycles. The van der Waals surface area contributed by atoms with Gasteiger partial charge in [0.1, 0.15) is 0 Å². The van der Waals surface area contributed by atoms with Gasteiger partial charge in [0.05, 0.1) is 8.07 Å². The first kappa shape index (κ1) is 17.2. The van der Waals surface area contributed by atoms with E-state index in [-0.39, 0.29) is 0 Å². The fourth-order valence-corrected chi connectivity index (χ4v) is 3.47. The molecule has 0 aliphatic rings. The first-order valence-corrected chi connectivity index (χ1v) is 11.2. The van der Waals surface area contributed by atoms with Crippen LogP contribution in [-0.4, -0.2) is 8.07 Å². The van der Waals surface area contributed by atoms with Crippen LogP contribution in [-0.2, 0) is 0 Å². The average molecular weight is 317 g/mol. The van der Waals surface area contributed by atoms with Gasteiger partial charge in [-0.15, -0.1) is 0 Å². The lowest BCUT2D eigenvalue weighted by atomic mass is 9.99. The highest BCUT2D eigenvalue weighted by molar-refractivity contribution is 9.12. The van der Waals surface area contributed by atoms with Crippen LogP contribution in [0.5, 0.6) is 0 Å². The number of hydrogen-bond donors (Lipinski definition) is 0. The van der Waals surface area contributed by atoms with E-state index in [1.807, 2.05) is 0 Å². The molecular weight excluding hydrogens is 288 g/mol. The SMILES string of the molecule is C=C(CCCC)/C(CCCC)=C(\Br)[Si](C)(C)C. The monoisotopic (exact) mass is 316 g/mol. The molecule has 0 amide bonds. The van der Waals surface area contributed by atoms with Gasteiger partial charge in [-0.25, -0.2) is 0 Å². The predicted octanol–water partition coefficient (Wildman–Crippen LogP) is 6.45. The topological polar surface area (TPSA) is 0 Å². The summed E-state index contributed by atoms with van der Waals surface area (Å²) >= 11 is 3.87. The number of allylic oxidation sites excluding steroid dienone is 2. The molecule has 0 spiro atoms. The van der Waals surface area contributed by atoms with Crippen LogP contribution in [0.1, 0.15) is 52.4 Å². The van der Waals surface area contributed by atoms with Crippen LogP contribution in [0.3, 0.4) is 0 Å². The van der Waals surface area contributed by atoms with Crippen molar-refractivity contribution in [3.63, 3.8) is 0 Å². The first-order valence-electron chi connectivity index (χ1n) is 6.91. The normalized spacial score (nSPS) is 13.5. The maximum absolute atomic E-state index is 4.31. The van der Waals surface area contributed by atoms with Crippen LogP contribution in [0, 0.1) is 0 Å². The molecule has 0 rings (SSSR count). The van der Waals surface area contributed by atoms with Crippen molar-refractivity contribution in [1.82, 2.24) is 0 Å². The summed E-state index contributed by atoms with van der Waals surface area (Å²) in [5.74, 6) is 0. The molecule has 0 fully saturated rings. The van der Waals surface area contributed by atoms with Gasteiger partial charge < -0.3 is 0 Å². The second-order valence-electron chi connectivity index (χ2n) is 5.85. The van der Waals surface area contributed by atoms with Gasteiger partial charge in [0.25, 0.3) is 0 Å². The smallest absolute Gasteiger partial charge is 0.0869 e. The van der Waals surface area contributed by atoms with Crippen LogP contribution in [0.15, 0.2) is 21.8 Å². The zero-order chi connectivity index (χ0) is 13.5. The third kappa shape index (κ3) is 6.61. The van der Waals surface area contributed by atoms with E-state index in [9.17, 15) is 0 Å². The Balaban J connectivity index is 4.92. The van der Waals surface area contributed by atoms with Crippen LogP contribution in [0.2, 0.25) is 19.6 Å². The molecule has 17 heavy (non-hydrogen) atoms. The van der Waals surface area contributed by atoms with Gasteiger partial charge in [-0.2, -0.15) is 0 Å². The molecule has 0 bridgehead atoms. The molecule has 0 aromatic carbocycles. The van der Waals surface area contributed by atoms with Crippen molar-refractivity contribution in [2.75, 3.05) is 0 Å². The number of unbranched alkanes of at least 4 members (excludes halogenated alkanes) is 2. The molecule has 0 atom stereocenters. The maximum Gasteiger partial charge on any atom is 0.0869 e. The van der Waals surface area contributed by atoms with Gasteiger partial charge in [0, 0.05) is 0 Å². The van der Waals surface area contributed by atoms with Crippen molar-refractivity contribution < 1.29 is 0 Å². The predicted molar refractivity (Wildman–Crippen MR) is 87.5 cm³/mol. The zero-order valence-corrected chi connectivity index (χ0v) is 14.9. The molecule has 0 nitrogen and oxygen atoms in total. The number of rotatable bonds is 8. The standard InChI is InChI=1S/C15H29BrSi/c1-7-9-11-13(3)14(12-10-8-2)15(16)17(4,5)6/h3,7-12H2,1-2,4-6H3/b15-14+. The van der Waals surface area contributed by atoms with Gasteiger partial charge in [-0.05, 0) is 35.4 Å². The summed E-state index contributed by atoms with van der Waals surface area (Å²) in [4.78, 5) is 0. The van der Waals surface area contributed by atoms with Crippen molar-refractivity contribution >= 4 is 24.0 Å². The van der Waals surface area contributed by atoms with Crippen molar-refractivity contribution in [2.24, 2.45) is 0 Å². The van der Waals surface area contributed by atoms with E-state index in [0.29, 0.717) is 0 Å². The van der Waals surface area contributed by atoms with Gasteiger partial charge >= 0.3 is 0 Å². The van der Waals surface area contributed by atoms with Crippen LogP contribution in [0.25, 0.3) is 0 Å². The van der Waals surface area contributed by atoms with Crippen molar-refractivity contribution in [2.45, 2.75) is 72.0 Å². The third-order valence-electron chi connectivity index (χ3n) is 2.96. The van der Waals surface area contributed by atoms with E-state index in [2.05, 4.69) is 56.0 Å². The molecule has 0 heterocycles. The molecule has 0 N–H and O–H groups in total. The Morgan fingerprint density at radius 2 is 1.47 bits per heavy atom. The number of halogens is 1. The Morgan fingerprint density at radius 3 is 1.88 bits per heavy atom. The first-order chi connectivity index (χ1) is 7.84. The maximum atomic E-state index is 4.31. The minimum Gasteiger partial charge on any atom is -0.0955 e. The quantitative estimate of drug-likeness (QED) is 0.356. The summed E-state index contributed by atoms with van der Waals surface area (Å²) in [5, 5.41) is 0. The highest BCUT2D eigenvalue weighted by Gasteiger charge is 2.21. The summed E-state index contributed by atoms with van der Waals surface area (Å²) in [6, 6.07) is 0. The molecule has 2 heteroatoms. The number of hydrogen-bond acceptors (Lipinski definition) is 0. The van der Waals surface area contributed by atoms with E-state index >= 15 is 0 Å². The molecule has 0 aliphatic heterocycles. The highest BCUT2D eigenvalue weighted by atomic mass is 79.9. The van der Waals surface area contributed by atoms with Crippen LogP contribution in [0.4, 0.5) is 0 Å². The summed E-state index contributed by atoms with van der Waals surface area (Å²) in [5.41, 5.74) is 2.90. The Kier molecular flexibility index (Phi) is 8.40. The molecule has 0 aliphatic carbocycles. The minimum atomic E-state index is -1.24. The molecule has 100 valence electrons. The lowest BCUT2D eigenvalue weighted by Crippen LogP contribution is -2.22. The average Bonchev–Trinajstić information content (AvgIpc) is 2.25. The van der Waals surface area contributed by atoms with Crippen molar-refractivity contribution in [1.29, 1.82) is 0 Å². The summed E-state index contributed by atoms with van der Waals surface area (Å²) in [6.07, 6.45) is 7.42. The van der Waals surface area contributed by atoms with Gasteiger partial charge in [-0.1, -0.05) is 74.4 Å². The second kappa shape index (κ2) is 8.31. The van der Waals surface area contributed by atoms with Crippen molar-refractivity contribution in [3.8, 4) is 0 Å². The van der Waals surface area contributed by atoms with E-state index in [0.717, 1.165) is 6.42 Å². The molecule has 0 radical (unpaired) electrons. The zero-order valence-electron chi connectivity index (χ0n) is 12.3. The van der Waals surface area contributed by atoms with Crippen LogP contribution < -0.4 is 0 Å². The highest BCUT2D eigenvalue weighted by Crippen LogP contribution is 2.32. The minimum absolute atomic E-state index is 1.16. The third-order valence-corrected chi connectivity index (χ3v) is 8.63. The van der Waals surface area contributed by atoms with Gasteiger partial charge in [0.2, 0.25) is 0 Å². The van der Waals surface area contributed by atoms with E-state index < -0.39 is 8.07 Å². The molecule has 0 unspecified atom stereocenters. The lowest BCUT2D eigenvalue weighted by Gasteiger charge is -2.22. The lowest BCUT2D eigenvalue weighted by molar-refractivity contribution is 0.754. The molecular formula is C15H29BrSi. The van der Waals surface area contributed by atoms with Gasteiger partial charge in [-0.3, -0.25) is 0 Å². The summed E-state index contributed by atoms with van der Waals surface area (Å²) in [7, 11) is -1.24. The Labute approximate surface area is 118 Å². The molecule has 0 saturated carbocycles. The van der Waals surface area contributed by atoms with E-state index in [1.165, 1.54) is 47.4 Å². The molecule has 0 aromatic rings. The Bertz CT molecular complexity index is 271. The Hall–Kier alpha value is 0.177. The fraction of sp³-hybridized carbons (Fsp3) is 0.733.